The van der Waals surface area contributed by atoms with E-state index in [1.54, 1.807) is 0 Å². The monoisotopic (exact) mass is 154 g/mol. The molecule has 0 aromatic rings. The Morgan fingerprint density at radius 3 is 1.55 bits per heavy atom. The van der Waals surface area contributed by atoms with E-state index in [9.17, 15) is 0 Å². The van der Waals surface area contributed by atoms with Crippen LogP contribution in [0.15, 0.2) is 0 Å². The highest BCUT2D eigenvalue weighted by Crippen LogP contribution is 2.47. The van der Waals surface area contributed by atoms with Gasteiger partial charge in [0.2, 0.25) is 0 Å². The van der Waals surface area contributed by atoms with Crippen LogP contribution in [0.1, 0.15) is 53.9 Å². The second-order valence-electron chi connectivity index (χ2n) is 6.02. The van der Waals surface area contributed by atoms with Crippen molar-refractivity contribution in [2.75, 3.05) is 0 Å². The second-order valence-corrected chi connectivity index (χ2v) is 6.02. The molecule has 0 heteroatoms. The molecule has 0 unspecified atom stereocenters. The van der Waals surface area contributed by atoms with Crippen molar-refractivity contribution in [1.29, 1.82) is 0 Å². The minimum atomic E-state index is 0.584. The Kier molecular flexibility index (Phi) is 2.07. The van der Waals surface area contributed by atoms with Crippen molar-refractivity contribution in [2.24, 2.45) is 16.7 Å². The molecular formula is C11H22. The second kappa shape index (κ2) is 2.50. The number of rotatable bonds is 0. The Labute approximate surface area is 71.4 Å². The molecule has 0 radical (unpaired) electrons. The molecule has 0 aromatic heterocycles. The van der Waals surface area contributed by atoms with Crippen LogP contribution in [0.2, 0.25) is 0 Å². The lowest BCUT2D eigenvalue weighted by atomic mass is 9.62. The van der Waals surface area contributed by atoms with E-state index in [0.717, 1.165) is 5.92 Å². The third-order valence-corrected chi connectivity index (χ3v) is 2.76. The van der Waals surface area contributed by atoms with Gasteiger partial charge in [0.25, 0.3) is 0 Å². The maximum absolute atomic E-state index is 2.41. The van der Waals surface area contributed by atoms with Crippen molar-refractivity contribution < 1.29 is 0 Å². The first-order valence-corrected chi connectivity index (χ1v) is 4.81. The largest absolute Gasteiger partial charge is 0.0625 e. The smallest absolute Gasteiger partial charge is 0.0347 e. The molecule has 0 saturated heterocycles. The van der Waals surface area contributed by atoms with E-state index < -0.39 is 0 Å². The normalized spacial score (nSPS) is 30.3. The molecular weight excluding hydrogens is 132 g/mol. The van der Waals surface area contributed by atoms with Crippen molar-refractivity contribution in [3.63, 3.8) is 0 Å². The quantitative estimate of drug-likeness (QED) is 0.497. The summed E-state index contributed by atoms with van der Waals surface area (Å²) in [5, 5.41) is 0. The predicted molar refractivity (Wildman–Crippen MR) is 50.6 cm³/mol. The summed E-state index contributed by atoms with van der Waals surface area (Å²) in [7, 11) is 0. The van der Waals surface area contributed by atoms with Gasteiger partial charge in [-0.2, -0.15) is 0 Å². The third kappa shape index (κ3) is 2.50. The molecule has 1 saturated carbocycles. The highest BCUT2D eigenvalue weighted by atomic mass is 14.4. The molecule has 0 aromatic carbocycles. The highest BCUT2D eigenvalue weighted by Gasteiger charge is 2.36. The van der Waals surface area contributed by atoms with Crippen molar-refractivity contribution >= 4 is 0 Å². The maximum atomic E-state index is 2.41. The molecule has 0 heterocycles. The first-order chi connectivity index (χ1) is 4.81. The van der Waals surface area contributed by atoms with E-state index in [0.29, 0.717) is 10.8 Å². The lowest BCUT2D eigenvalue weighted by Gasteiger charge is -2.44. The van der Waals surface area contributed by atoms with Gasteiger partial charge in [-0.1, -0.05) is 34.6 Å². The van der Waals surface area contributed by atoms with E-state index in [4.69, 9.17) is 0 Å². The summed E-state index contributed by atoms with van der Waals surface area (Å²) >= 11 is 0. The molecule has 0 atom stereocenters. The fraction of sp³-hybridized carbons (Fsp3) is 1.00. The number of hydrogen-bond acceptors (Lipinski definition) is 0. The van der Waals surface area contributed by atoms with Crippen molar-refractivity contribution in [3.8, 4) is 0 Å². The Hall–Kier alpha value is 0. The molecule has 1 rings (SSSR count). The van der Waals surface area contributed by atoms with Crippen LogP contribution in [0.25, 0.3) is 0 Å². The van der Waals surface area contributed by atoms with Gasteiger partial charge in [0.1, 0.15) is 0 Å². The van der Waals surface area contributed by atoms with E-state index >= 15 is 0 Å². The Bertz CT molecular complexity index is 126. The Balaban J connectivity index is 2.66. The highest BCUT2D eigenvalue weighted by molar-refractivity contribution is 4.87. The molecule has 0 amide bonds. The summed E-state index contributed by atoms with van der Waals surface area (Å²) in [6.45, 7) is 12.0. The molecule has 0 N–H and O–H groups in total. The van der Waals surface area contributed by atoms with Gasteiger partial charge in [0.15, 0.2) is 0 Å². The van der Waals surface area contributed by atoms with Crippen molar-refractivity contribution in [3.05, 3.63) is 0 Å². The molecule has 1 aliphatic carbocycles. The topological polar surface area (TPSA) is 0 Å². The van der Waals surface area contributed by atoms with Gasteiger partial charge in [-0.3, -0.25) is 0 Å². The van der Waals surface area contributed by atoms with Crippen LogP contribution in [0.3, 0.4) is 0 Å². The van der Waals surface area contributed by atoms with Gasteiger partial charge in [0.05, 0.1) is 0 Å². The van der Waals surface area contributed by atoms with E-state index in [1.165, 1.54) is 19.3 Å². The first kappa shape index (κ1) is 9.09. The summed E-state index contributed by atoms with van der Waals surface area (Å²) in [5.74, 6) is 0.925. The van der Waals surface area contributed by atoms with Crippen LogP contribution in [0.5, 0.6) is 0 Å². The van der Waals surface area contributed by atoms with Crippen LogP contribution in [-0.2, 0) is 0 Å². The molecule has 0 nitrogen and oxygen atoms in total. The minimum absolute atomic E-state index is 0.584. The zero-order valence-electron chi connectivity index (χ0n) is 8.70. The molecule has 0 bridgehead atoms. The number of hydrogen-bond donors (Lipinski definition) is 0. The van der Waals surface area contributed by atoms with Gasteiger partial charge in [-0.05, 0) is 36.0 Å². The van der Waals surface area contributed by atoms with Gasteiger partial charge in [0, 0.05) is 0 Å². The third-order valence-electron chi connectivity index (χ3n) is 2.76. The predicted octanol–water partition coefficient (Wildman–Crippen LogP) is 3.86. The summed E-state index contributed by atoms with van der Waals surface area (Å²) in [5.41, 5.74) is 1.17. The van der Waals surface area contributed by atoms with Crippen LogP contribution in [-0.4, -0.2) is 0 Å². The average molecular weight is 154 g/mol. The Morgan fingerprint density at radius 2 is 1.27 bits per heavy atom. The van der Waals surface area contributed by atoms with Crippen LogP contribution in [0, 0.1) is 16.7 Å². The standard InChI is InChI=1S/C11H22/c1-9-6-10(2,3)8-11(4,5)7-9/h9H,6-8H2,1-5H3. The zero-order chi connectivity index (χ0) is 8.70. The Morgan fingerprint density at radius 1 is 0.909 bits per heavy atom. The molecule has 1 fully saturated rings. The van der Waals surface area contributed by atoms with Crippen molar-refractivity contribution in [2.45, 2.75) is 53.9 Å². The van der Waals surface area contributed by atoms with Gasteiger partial charge < -0.3 is 0 Å². The fourth-order valence-electron chi connectivity index (χ4n) is 3.40. The van der Waals surface area contributed by atoms with E-state index in [1.807, 2.05) is 0 Å². The summed E-state index contributed by atoms with van der Waals surface area (Å²) in [6, 6.07) is 0. The SMILES string of the molecule is CC1CC(C)(C)CC(C)(C)C1. The average Bonchev–Trinajstić information content (AvgIpc) is 1.49. The first-order valence-electron chi connectivity index (χ1n) is 4.81. The molecule has 11 heavy (non-hydrogen) atoms. The van der Waals surface area contributed by atoms with E-state index in [2.05, 4.69) is 34.6 Å². The lowest BCUT2D eigenvalue weighted by molar-refractivity contribution is 0.0754. The summed E-state index contributed by atoms with van der Waals surface area (Å²) in [4.78, 5) is 0. The van der Waals surface area contributed by atoms with Crippen LogP contribution in [0.4, 0.5) is 0 Å². The minimum Gasteiger partial charge on any atom is -0.0625 e. The van der Waals surface area contributed by atoms with Gasteiger partial charge >= 0.3 is 0 Å². The molecule has 1 aliphatic rings. The van der Waals surface area contributed by atoms with Crippen LogP contribution >= 0.6 is 0 Å². The lowest BCUT2D eigenvalue weighted by Crippen LogP contribution is -2.32. The summed E-state index contributed by atoms with van der Waals surface area (Å²) in [6.07, 6.45) is 4.22. The summed E-state index contributed by atoms with van der Waals surface area (Å²) < 4.78 is 0. The molecule has 0 aliphatic heterocycles. The van der Waals surface area contributed by atoms with Crippen LogP contribution < -0.4 is 0 Å². The maximum Gasteiger partial charge on any atom is -0.0347 e. The van der Waals surface area contributed by atoms with Gasteiger partial charge in [-0.25, -0.2) is 0 Å². The van der Waals surface area contributed by atoms with E-state index in [-0.39, 0.29) is 0 Å². The fourth-order valence-corrected chi connectivity index (χ4v) is 3.40. The zero-order valence-corrected chi connectivity index (χ0v) is 8.70. The van der Waals surface area contributed by atoms with Crippen molar-refractivity contribution in [1.82, 2.24) is 0 Å². The molecule has 0 spiro atoms. The molecule has 66 valence electrons. The van der Waals surface area contributed by atoms with Gasteiger partial charge in [-0.15, -0.1) is 0 Å².